The van der Waals surface area contributed by atoms with Gasteiger partial charge in [-0.2, -0.15) is 0 Å². The quantitative estimate of drug-likeness (QED) is 0.768. The Bertz CT molecular complexity index is 678. The van der Waals surface area contributed by atoms with Crippen LogP contribution in [-0.4, -0.2) is 15.0 Å². The van der Waals surface area contributed by atoms with Gasteiger partial charge in [0.05, 0.1) is 10.7 Å². The third-order valence-electron chi connectivity index (χ3n) is 2.97. The zero-order chi connectivity index (χ0) is 13.1. The van der Waals surface area contributed by atoms with Gasteiger partial charge in [0.25, 0.3) is 0 Å². The molecule has 3 rings (SSSR count). The molecule has 1 aromatic carbocycles. The average molecular weight is 273 g/mol. The number of halogens is 1. The van der Waals surface area contributed by atoms with E-state index in [1.165, 1.54) is 0 Å². The number of hydrogen-bond donors (Lipinski definition) is 2. The molecule has 0 saturated heterocycles. The predicted molar refractivity (Wildman–Crippen MR) is 75.9 cm³/mol. The Kier molecular flexibility index (Phi) is 3.44. The molecule has 0 bridgehead atoms. The lowest BCUT2D eigenvalue weighted by molar-refractivity contribution is 0.669. The Labute approximate surface area is 115 Å². The Morgan fingerprint density at radius 3 is 2.84 bits per heavy atom. The van der Waals surface area contributed by atoms with Crippen LogP contribution in [0.5, 0.6) is 0 Å². The van der Waals surface area contributed by atoms with Crippen LogP contribution in [0.1, 0.15) is 11.4 Å². The topological polar surface area (TPSA) is 53.6 Å². The van der Waals surface area contributed by atoms with E-state index in [4.69, 9.17) is 11.6 Å². The van der Waals surface area contributed by atoms with Crippen molar-refractivity contribution >= 4 is 22.5 Å². The van der Waals surface area contributed by atoms with Crippen LogP contribution in [0.3, 0.4) is 0 Å². The van der Waals surface area contributed by atoms with E-state index in [1.807, 2.05) is 30.3 Å². The molecule has 0 amide bonds. The van der Waals surface area contributed by atoms with E-state index < -0.39 is 0 Å². The second-order valence-electron chi connectivity index (χ2n) is 4.27. The highest BCUT2D eigenvalue weighted by Crippen LogP contribution is 2.26. The van der Waals surface area contributed by atoms with Crippen LogP contribution in [0.25, 0.3) is 10.9 Å². The van der Waals surface area contributed by atoms with Crippen molar-refractivity contribution in [2.45, 2.75) is 13.1 Å². The Hall–Kier alpha value is -1.91. The van der Waals surface area contributed by atoms with E-state index in [9.17, 15) is 0 Å². The van der Waals surface area contributed by atoms with Crippen molar-refractivity contribution in [3.05, 3.63) is 59.3 Å². The number of aromatic nitrogens is 3. The first-order valence-electron chi connectivity index (χ1n) is 6.05. The van der Waals surface area contributed by atoms with Gasteiger partial charge in [0, 0.05) is 35.9 Å². The number of benzene rings is 1. The molecule has 0 aliphatic carbocycles. The number of aromatic amines is 1. The van der Waals surface area contributed by atoms with Crippen LogP contribution in [0.2, 0.25) is 5.02 Å². The van der Waals surface area contributed by atoms with E-state index in [0.717, 1.165) is 27.3 Å². The fourth-order valence-corrected chi connectivity index (χ4v) is 2.30. The third-order valence-corrected chi connectivity index (χ3v) is 3.40. The largest absolute Gasteiger partial charge is 0.356 e. The van der Waals surface area contributed by atoms with Crippen molar-refractivity contribution in [2.75, 3.05) is 0 Å². The second kappa shape index (κ2) is 5.38. The van der Waals surface area contributed by atoms with Gasteiger partial charge in [0.2, 0.25) is 0 Å². The normalized spacial score (nSPS) is 11.0. The number of hydrogen-bond acceptors (Lipinski definition) is 3. The lowest BCUT2D eigenvalue weighted by Crippen LogP contribution is -2.14. The van der Waals surface area contributed by atoms with E-state index in [0.29, 0.717) is 13.1 Å². The minimum Gasteiger partial charge on any atom is -0.356 e. The lowest BCUT2D eigenvalue weighted by Gasteiger charge is -2.02. The molecular formula is C14H13ClN4. The number of rotatable bonds is 4. The maximum Gasteiger partial charge on any atom is 0.115 e. The van der Waals surface area contributed by atoms with Crippen LogP contribution < -0.4 is 5.32 Å². The first-order valence-corrected chi connectivity index (χ1v) is 6.43. The van der Waals surface area contributed by atoms with Crippen LogP contribution in [0.4, 0.5) is 0 Å². The molecule has 0 spiro atoms. The summed E-state index contributed by atoms with van der Waals surface area (Å²) in [4.78, 5) is 11.4. The molecule has 0 aliphatic rings. The predicted octanol–water partition coefficient (Wildman–Crippen LogP) is 2.90. The molecule has 5 heteroatoms. The Balaban J connectivity index is 1.70. The van der Waals surface area contributed by atoms with Crippen LogP contribution in [-0.2, 0) is 13.1 Å². The van der Waals surface area contributed by atoms with Crippen molar-refractivity contribution in [1.82, 2.24) is 20.3 Å². The second-order valence-corrected chi connectivity index (χ2v) is 4.65. The molecule has 4 nitrogen and oxygen atoms in total. The number of fused-ring (bicyclic) bond motifs is 1. The van der Waals surface area contributed by atoms with Crippen LogP contribution in [0, 0.1) is 0 Å². The zero-order valence-corrected chi connectivity index (χ0v) is 11.0. The molecule has 2 N–H and O–H groups in total. The van der Waals surface area contributed by atoms with Gasteiger partial charge in [-0.25, -0.2) is 9.97 Å². The van der Waals surface area contributed by atoms with E-state index in [2.05, 4.69) is 20.3 Å². The highest BCUT2D eigenvalue weighted by Gasteiger charge is 2.08. The van der Waals surface area contributed by atoms with Gasteiger partial charge >= 0.3 is 0 Å². The first-order chi connectivity index (χ1) is 9.34. The third kappa shape index (κ3) is 2.59. The van der Waals surface area contributed by atoms with Gasteiger partial charge in [-0.3, -0.25) is 0 Å². The average Bonchev–Trinajstić information content (AvgIpc) is 2.78. The van der Waals surface area contributed by atoms with Crippen molar-refractivity contribution in [1.29, 1.82) is 0 Å². The molecule has 0 fully saturated rings. The summed E-state index contributed by atoms with van der Waals surface area (Å²) in [6, 6.07) is 9.91. The molecule has 0 atom stereocenters. The van der Waals surface area contributed by atoms with E-state index >= 15 is 0 Å². The highest BCUT2D eigenvalue weighted by molar-refractivity contribution is 6.36. The zero-order valence-electron chi connectivity index (χ0n) is 10.2. The summed E-state index contributed by atoms with van der Waals surface area (Å²) < 4.78 is 0. The Morgan fingerprint density at radius 2 is 2.05 bits per heavy atom. The summed E-state index contributed by atoms with van der Waals surface area (Å²) in [5.41, 5.74) is 3.02. The van der Waals surface area contributed by atoms with Crippen molar-refractivity contribution in [3.8, 4) is 0 Å². The smallest absolute Gasteiger partial charge is 0.115 e. The van der Waals surface area contributed by atoms with Gasteiger partial charge in [0.1, 0.15) is 6.33 Å². The van der Waals surface area contributed by atoms with Gasteiger partial charge in [-0.15, -0.1) is 0 Å². The number of nitrogens with one attached hydrogen (secondary N) is 2. The summed E-state index contributed by atoms with van der Waals surface area (Å²) in [6.07, 6.45) is 3.28. The minimum atomic E-state index is 0.678. The minimum absolute atomic E-state index is 0.678. The molecule has 2 aromatic heterocycles. The fraction of sp³-hybridized carbons (Fsp3) is 0.143. The van der Waals surface area contributed by atoms with E-state index in [-0.39, 0.29) is 0 Å². The highest BCUT2D eigenvalue weighted by atomic mass is 35.5. The maximum atomic E-state index is 6.34. The summed E-state index contributed by atoms with van der Waals surface area (Å²) in [5.74, 6) is 0. The lowest BCUT2D eigenvalue weighted by atomic mass is 10.2. The van der Waals surface area contributed by atoms with E-state index in [1.54, 1.807) is 12.5 Å². The number of H-pyrrole nitrogens is 1. The molecule has 0 radical (unpaired) electrons. The van der Waals surface area contributed by atoms with Crippen molar-refractivity contribution in [3.63, 3.8) is 0 Å². The summed E-state index contributed by atoms with van der Waals surface area (Å²) in [5, 5.41) is 5.16. The molecule has 96 valence electrons. The summed E-state index contributed by atoms with van der Waals surface area (Å²) in [7, 11) is 0. The van der Waals surface area contributed by atoms with Crippen molar-refractivity contribution in [2.24, 2.45) is 0 Å². The SMILES string of the molecule is Clc1c(CNCc2ccncn2)[nH]c2ccccc12. The monoisotopic (exact) mass is 272 g/mol. The van der Waals surface area contributed by atoms with Crippen LogP contribution >= 0.6 is 11.6 Å². The van der Waals surface area contributed by atoms with Gasteiger partial charge in [-0.1, -0.05) is 29.8 Å². The molecule has 0 unspecified atom stereocenters. The molecule has 0 aliphatic heterocycles. The van der Waals surface area contributed by atoms with Gasteiger partial charge in [0.15, 0.2) is 0 Å². The molecule has 2 heterocycles. The number of para-hydroxylation sites is 1. The Morgan fingerprint density at radius 1 is 1.16 bits per heavy atom. The summed E-state index contributed by atoms with van der Waals surface area (Å²) >= 11 is 6.34. The molecule has 3 aromatic rings. The summed E-state index contributed by atoms with van der Waals surface area (Å²) in [6.45, 7) is 1.37. The van der Waals surface area contributed by atoms with Crippen LogP contribution in [0.15, 0.2) is 42.9 Å². The van der Waals surface area contributed by atoms with Gasteiger partial charge in [-0.05, 0) is 12.1 Å². The fourth-order valence-electron chi connectivity index (χ4n) is 2.02. The standard InChI is InChI=1S/C14H13ClN4/c15-14-11-3-1-2-4-12(11)19-13(14)8-17-7-10-5-6-16-9-18-10/h1-6,9,17,19H,7-8H2. The molecule has 0 saturated carbocycles. The first kappa shape index (κ1) is 12.1. The maximum absolute atomic E-state index is 6.34. The van der Waals surface area contributed by atoms with Gasteiger partial charge < -0.3 is 10.3 Å². The molecular weight excluding hydrogens is 260 g/mol. The number of nitrogens with zero attached hydrogens (tertiary/aromatic N) is 2. The van der Waals surface area contributed by atoms with Crippen molar-refractivity contribution < 1.29 is 0 Å². The molecule has 19 heavy (non-hydrogen) atoms.